The van der Waals surface area contributed by atoms with E-state index in [1.165, 1.54) is 34.5 Å². The van der Waals surface area contributed by atoms with Crippen molar-refractivity contribution in [1.82, 2.24) is 0 Å². The van der Waals surface area contributed by atoms with Gasteiger partial charge in [-0.05, 0) is 124 Å². The topological polar surface area (TPSA) is 144 Å². The van der Waals surface area contributed by atoms with Gasteiger partial charge in [-0.15, -0.1) is 0 Å². The van der Waals surface area contributed by atoms with Crippen LogP contribution in [0, 0.1) is 24.9 Å². The molecule has 0 aromatic heterocycles. The van der Waals surface area contributed by atoms with Crippen molar-refractivity contribution in [1.29, 1.82) is 0 Å². The van der Waals surface area contributed by atoms with Crippen molar-refractivity contribution >= 4 is 75.1 Å². The first-order valence-electron chi connectivity index (χ1n) is 16.1. The van der Waals surface area contributed by atoms with E-state index < -0.39 is 5.97 Å². The summed E-state index contributed by atoms with van der Waals surface area (Å²) >= 11 is 4.28. The van der Waals surface area contributed by atoms with Crippen molar-refractivity contribution in [3.05, 3.63) is 90.1 Å². The fraction of sp³-hybridized carbons (Fsp3) is 0.385. The number of hydrogen-bond acceptors (Lipinski definition) is 11. The van der Waals surface area contributed by atoms with Gasteiger partial charge in [-0.25, -0.2) is 4.79 Å². The van der Waals surface area contributed by atoms with Crippen LogP contribution in [0.3, 0.4) is 0 Å². The fourth-order valence-corrected chi connectivity index (χ4v) is 6.08. The summed E-state index contributed by atoms with van der Waals surface area (Å²) in [7, 11) is 8.70. The largest absolute Gasteiger partial charge is 0.507 e. The highest BCUT2D eigenvalue weighted by atomic mass is 127. The highest BCUT2D eigenvalue weighted by Crippen LogP contribution is 2.25. The van der Waals surface area contributed by atoms with Crippen LogP contribution in [0.2, 0.25) is 0 Å². The van der Waals surface area contributed by atoms with Crippen molar-refractivity contribution in [2.75, 3.05) is 42.7 Å². The van der Waals surface area contributed by atoms with Crippen molar-refractivity contribution < 1.29 is 52.7 Å². The van der Waals surface area contributed by atoms with Crippen LogP contribution in [-0.2, 0) is 57.4 Å². The standard InChI is InChI=1S/C16H20O5.C12H15IO3.C11H13IO3/c1-11(16(18)21-4)9-12-5-7-14(19-2)13(10-12)6-8-15(17)20-3;1-8(12(14)16-3)6-9-4-5-11(15-2)10(13)7-9;1-7(11(14)15-2)5-8-3-4-10(13)9(12)6-8/h5-8,10-11H,9H2,1-4H3;4-5,7-8H,6H2,1-3H3;3-4,6-7,13H,5H2,1-2H3/b8-6+;;/t11-;8-;7-/m000/s1. The molecular weight excluding hydrogens is 898 g/mol. The van der Waals surface area contributed by atoms with Gasteiger partial charge < -0.3 is 33.5 Å². The van der Waals surface area contributed by atoms with Crippen LogP contribution in [0.25, 0.3) is 6.08 Å². The molecule has 0 aliphatic rings. The lowest BCUT2D eigenvalue weighted by molar-refractivity contribution is -0.145. The predicted molar refractivity (Wildman–Crippen MR) is 215 cm³/mol. The third kappa shape index (κ3) is 16.2. The summed E-state index contributed by atoms with van der Waals surface area (Å²) in [6, 6.07) is 16.8. The van der Waals surface area contributed by atoms with Gasteiger partial charge in [0.15, 0.2) is 0 Å². The highest BCUT2D eigenvalue weighted by molar-refractivity contribution is 14.1. The molecule has 0 amide bonds. The zero-order chi connectivity index (χ0) is 39.4. The lowest BCUT2D eigenvalue weighted by Crippen LogP contribution is -2.15. The molecule has 0 saturated carbocycles. The SMILES string of the molecule is COC(=O)/C=C/c1cc(C[C@H](C)C(=O)OC)ccc1OC.COC(=O)[C@@H](C)Cc1ccc(O)c(I)c1.COC(=O)[C@@H](C)Cc1ccc(OC)c(I)c1. The van der Waals surface area contributed by atoms with Crippen LogP contribution in [0.5, 0.6) is 17.2 Å². The quantitative estimate of drug-likeness (QED) is 0.0803. The Morgan fingerprint density at radius 1 is 0.596 bits per heavy atom. The normalized spacial score (nSPS) is 12.1. The Bertz CT molecular complexity index is 1660. The molecule has 3 aromatic carbocycles. The zero-order valence-corrected chi connectivity index (χ0v) is 35.3. The molecule has 0 bridgehead atoms. The van der Waals surface area contributed by atoms with E-state index in [9.17, 15) is 24.3 Å². The van der Waals surface area contributed by atoms with Crippen LogP contribution in [0.15, 0.2) is 60.7 Å². The van der Waals surface area contributed by atoms with Crippen LogP contribution < -0.4 is 9.47 Å². The first-order chi connectivity index (χ1) is 24.6. The number of rotatable bonds is 13. The van der Waals surface area contributed by atoms with E-state index in [1.807, 2.05) is 56.3 Å². The minimum Gasteiger partial charge on any atom is -0.507 e. The average molecular weight is 947 g/mol. The number of carbonyl (C=O) groups excluding carboxylic acids is 4. The van der Waals surface area contributed by atoms with Gasteiger partial charge in [-0.3, -0.25) is 14.4 Å². The zero-order valence-electron chi connectivity index (χ0n) is 31.0. The summed E-state index contributed by atoms with van der Waals surface area (Å²) in [6.07, 6.45) is 4.81. The van der Waals surface area contributed by atoms with Crippen molar-refractivity contribution in [2.24, 2.45) is 17.8 Å². The second-order valence-electron chi connectivity index (χ2n) is 11.6. The molecule has 0 aliphatic carbocycles. The van der Waals surface area contributed by atoms with E-state index in [0.717, 1.165) is 35.1 Å². The maximum absolute atomic E-state index is 11.5. The molecule has 0 radical (unpaired) electrons. The van der Waals surface area contributed by atoms with E-state index in [-0.39, 0.29) is 41.4 Å². The van der Waals surface area contributed by atoms with Gasteiger partial charge in [0.2, 0.25) is 0 Å². The molecule has 0 spiro atoms. The first-order valence-corrected chi connectivity index (χ1v) is 18.3. The summed E-state index contributed by atoms with van der Waals surface area (Å²) in [5, 5.41) is 9.33. The molecule has 3 rings (SSSR count). The molecule has 284 valence electrons. The molecule has 0 saturated heterocycles. The molecule has 0 fully saturated rings. The molecule has 3 aromatic rings. The van der Waals surface area contributed by atoms with Gasteiger partial charge >= 0.3 is 23.9 Å². The number of benzene rings is 3. The van der Waals surface area contributed by atoms with Crippen LogP contribution in [0.1, 0.15) is 43.0 Å². The average Bonchev–Trinajstić information content (AvgIpc) is 3.14. The van der Waals surface area contributed by atoms with Gasteiger partial charge in [-0.2, -0.15) is 0 Å². The Morgan fingerprint density at radius 2 is 1.00 bits per heavy atom. The summed E-state index contributed by atoms with van der Waals surface area (Å²) in [5.41, 5.74) is 3.84. The van der Waals surface area contributed by atoms with Crippen LogP contribution in [0.4, 0.5) is 0 Å². The number of phenols is 1. The van der Waals surface area contributed by atoms with Gasteiger partial charge in [0.25, 0.3) is 0 Å². The number of ether oxygens (including phenoxy) is 6. The lowest BCUT2D eigenvalue weighted by Gasteiger charge is -2.11. The van der Waals surface area contributed by atoms with E-state index in [0.29, 0.717) is 25.0 Å². The van der Waals surface area contributed by atoms with E-state index in [4.69, 9.17) is 18.9 Å². The maximum atomic E-state index is 11.5. The van der Waals surface area contributed by atoms with E-state index >= 15 is 0 Å². The Labute approximate surface area is 333 Å². The minimum atomic E-state index is -0.439. The Balaban J connectivity index is 0.000000397. The number of esters is 4. The molecule has 0 aliphatic heterocycles. The van der Waals surface area contributed by atoms with Crippen molar-refractivity contribution in [3.8, 4) is 17.2 Å². The predicted octanol–water partition coefficient (Wildman–Crippen LogP) is 7.23. The third-order valence-electron chi connectivity index (χ3n) is 7.56. The summed E-state index contributed by atoms with van der Waals surface area (Å²) < 4.78 is 30.9. The third-order valence-corrected chi connectivity index (χ3v) is 9.27. The number of methoxy groups -OCH3 is 6. The molecule has 0 heterocycles. The van der Waals surface area contributed by atoms with Gasteiger partial charge in [-0.1, -0.05) is 39.0 Å². The first kappa shape index (κ1) is 46.2. The number of carbonyl (C=O) groups is 4. The lowest BCUT2D eigenvalue weighted by atomic mass is 9.99. The van der Waals surface area contributed by atoms with E-state index in [2.05, 4.69) is 54.7 Å². The molecule has 52 heavy (non-hydrogen) atoms. The highest BCUT2D eigenvalue weighted by Gasteiger charge is 2.16. The van der Waals surface area contributed by atoms with Crippen molar-refractivity contribution in [3.63, 3.8) is 0 Å². The number of phenolic OH excluding ortho intramolecular Hbond substituents is 1. The Hall–Kier alpha value is -3.86. The second-order valence-corrected chi connectivity index (χ2v) is 13.9. The van der Waals surface area contributed by atoms with E-state index in [1.54, 1.807) is 39.4 Å². The summed E-state index contributed by atoms with van der Waals surface area (Å²) in [6.45, 7) is 5.49. The number of hydrogen-bond donors (Lipinski definition) is 1. The van der Waals surface area contributed by atoms with Gasteiger partial charge in [0.1, 0.15) is 17.2 Å². The molecule has 13 heteroatoms. The summed E-state index contributed by atoms with van der Waals surface area (Å²) in [4.78, 5) is 45.1. The molecule has 1 N–H and O–H groups in total. The molecule has 0 unspecified atom stereocenters. The second kappa shape index (κ2) is 24.4. The van der Waals surface area contributed by atoms with Crippen molar-refractivity contribution in [2.45, 2.75) is 40.0 Å². The maximum Gasteiger partial charge on any atom is 0.330 e. The molecule has 11 nitrogen and oxygen atoms in total. The summed E-state index contributed by atoms with van der Waals surface area (Å²) in [5.74, 6) is 0.182. The molecular formula is C39H48I2O11. The smallest absolute Gasteiger partial charge is 0.330 e. The fourth-order valence-electron chi connectivity index (χ4n) is 4.70. The number of halogens is 2. The van der Waals surface area contributed by atoms with Crippen LogP contribution in [-0.4, -0.2) is 71.6 Å². The Kier molecular flexibility index (Phi) is 21.7. The minimum absolute atomic E-state index is 0.116. The van der Waals surface area contributed by atoms with Crippen LogP contribution >= 0.6 is 45.2 Å². The monoisotopic (exact) mass is 946 g/mol. The Morgan fingerprint density at radius 3 is 1.38 bits per heavy atom. The van der Waals surface area contributed by atoms with Gasteiger partial charge in [0, 0.05) is 11.6 Å². The number of aromatic hydroxyl groups is 1. The van der Waals surface area contributed by atoms with Gasteiger partial charge in [0.05, 0.1) is 67.6 Å². The molecule has 3 atom stereocenters.